The maximum atomic E-state index is 12.5. The number of rotatable bonds is 9. The second-order valence-electron chi connectivity index (χ2n) is 7.43. The molecule has 1 aromatic carbocycles. The Labute approximate surface area is 202 Å². The van der Waals surface area contributed by atoms with Crippen molar-refractivity contribution in [2.45, 2.75) is 51.4 Å². The first kappa shape index (κ1) is 29.7. The zero-order chi connectivity index (χ0) is 26.9. The van der Waals surface area contributed by atoms with Crippen molar-refractivity contribution in [1.29, 1.82) is 0 Å². The largest absolute Gasteiger partial charge is 0.505 e. The normalized spacial score (nSPS) is 12.0. The molecule has 0 saturated heterocycles. The van der Waals surface area contributed by atoms with Crippen LogP contribution in [0.3, 0.4) is 0 Å². The van der Waals surface area contributed by atoms with E-state index in [2.05, 4.69) is 10.3 Å². The smallest absolute Gasteiger partial charge is 0.490 e. The van der Waals surface area contributed by atoms with Gasteiger partial charge in [0.05, 0.1) is 6.10 Å². The van der Waals surface area contributed by atoms with Crippen LogP contribution in [-0.2, 0) is 9.59 Å². The van der Waals surface area contributed by atoms with E-state index in [1.54, 1.807) is 18.2 Å². The van der Waals surface area contributed by atoms with Crippen LogP contribution in [-0.4, -0.2) is 63.0 Å². The second kappa shape index (κ2) is 13.0. The Bertz CT molecular complexity index is 1060. The van der Waals surface area contributed by atoms with Crippen molar-refractivity contribution in [3.05, 3.63) is 29.0 Å². The van der Waals surface area contributed by atoms with Crippen molar-refractivity contribution in [3.8, 4) is 11.5 Å². The molecule has 14 heteroatoms. The van der Waals surface area contributed by atoms with E-state index >= 15 is 0 Å². The van der Waals surface area contributed by atoms with E-state index in [0.717, 1.165) is 0 Å². The zero-order valence-electron chi connectivity index (χ0n) is 18.7. The molecule has 194 valence electrons. The maximum Gasteiger partial charge on any atom is 0.490 e. The molecule has 0 spiro atoms. The number of pyridine rings is 1. The van der Waals surface area contributed by atoms with Gasteiger partial charge in [-0.25, -0.2) is 14.6 Å². The van der Waals surface area contributed by atoms with Crippen molar-refractivity contribution in [3.63, 3.8) is 0 Å². The van der Waals surface area contributed by atoms with Gasteiger partial charge in [0.15, 0.2) is 11.4 Å². The van der Waals surface area contributed by atoms with Crippen molar-refractivity contribution in [2.24, 2.45) is 5.73 Å². The average molecular weight is 524 g/mol. The number of aromatic hydroxyl groups is 1. The van der Waals surface area contributed by atoms with Crippen LogP contribution in [0.25, 0.3) is 10.8 Å². The highest BCUT2D eigenvalue weighted by molar-refractivity contribution is 6.35. The minimum Gasteiger partial charge on any atom is -0.505 e. The van der Waals surface area contributed by atoms with Gasteiger partial charge >= 0.3 is 18.1 Å². The maximum absolute atomic E-state index is 12.5. The fraction of sp³-hybridized carbons (Fsp3) is 0.429. The third-order valence-electron chi connectivity index (χ3n) is 4.28. The molecule has 1 unspecified atom stereocenters. The fourth-order valence-electron chi connectivity index (χ4n) is 2.72. The number of nitrogens with zero attached hydrogens (tertiary/aromatic N) is 1. The SMILES string of the molecule is CC(C)Oc1ccc2c(O)c(C(=O)NC(CCCCN)C(=O)O)nc(Cl)c2c1.O=C(O)C(F)(F)F. The Kier molecular flexibility index (Phi) is 11.0. The van der Waals surface area contributed by atoms with Crippen LogP contribution in [0.5, 0.6) is 11.5 Å². The lowest BCUT2D eigenvalue weighted by Crippen LogP contribution is -2.41. The van der Waals surface area contributed by atoms with Crippen LogP contribution in [0.2, 0.25) is 5.15 Å². The fourth-order valence-corrected chi connectivity index (χ4v) is 2.96. The van der Waals surface area contributed by atoms with Crippen LogP contribution in [0, 0.1) is 0 Å². The van der Waals surface area contributed by atoms with Crippen molar-refractivity contribution < 1.29 is 47.6 Å². The number of aromatic nitrogens is 1. The number of carbonyl (C=O) groups is 3. The predicted octanol–water partition coefficient (Wildman–Crippen LogP) is 3.33. The Morgan fingerprint density at radius 3 is 2.26 bits per heavy atom. The third-order valence-corrected chi connectivity index (χ3v) is 4.57. The van der Waals surface area contributed by atoms with E-state index in [1.807, 2.05) is 13.8 Å². The molecule has 1 heterocycles. The van der Waals surface area contributed by atoms with E-state index in [-0.39, 0.29) is 29.1 Å². The van der Waals surface area contributed by atoms with Crippen LogP contribution in [0.4, 0.5) is 13.2 Å². The summed E-state index contributed by atoms with van der Waals surface area (Å²) in [7, 11) is 0. The molecule has 0 radical (unpaired) electrons. The second-order valence-corrected chi connectivity index (χ2v) is 7.78. The minimum absolute atomic E-state index is 0.00200. The topological polar surface area (TPSA) is 172 Å². The third kappa shape index (κ3) is 9.09. The highest BCUT2D eigenvalue weighted by Crippen LogP contribution is 2.34. The predicted molar refractivity (Wildman–Crippen MR) is 120 cm³/mol. The first-order valence-electron chi connectivity index (χ1n) is 10.2. The zero-order valence-corrected chi connectivity index (χ0v) is 19.5. The molecule has 1 atom stereocenters. The molecular formula is C21H25ClF3N3O7. The summed E-state index contributed by atoms with van der Waals surface area (Å²) in [4.78, 5) is 36.8. The summed E-state index contributed by atoms with van der Waals surface area (Å²) < 4.78 is 37.3. The molecule has 10 nitrogen and oxygen atoms in total. The lowest BCUT2D eigenvalue weighted by atomic mass is 10.1. The lowest BCUT2D eigenvalue weighted by molar-refractivity contribution is -0.192. The van der Waals surface area contributed by atoms with Gasteiger partial charge in [-0.05, 0) is 57.9 Å². The van der Waals surface area contributed by atoms with E-state index < -0.39 is 30.1 Å². The summed E-state index contributed by atoms with van der Waals surface area (Å²) in [5.74, 6) is -4.57. The number of hydrogen-bond acceptors (Lipinski definition) is 7. The molecule has 0 aliphatic carbocycles. The number of ether oxygens (including phenoxy) is 1. The van der Waals surface area contributed by atoms with Gasteiger partial charge in [-0.1, -0.05) is 11.6 Å². The molecule has 0 aliphatic heterocycles. The van der Waals surface area contributed by atoms with Gasteiger partial charge in [0, 0.05) is 10.8 Å². The first-order valence-corrected chi connectivity index (χ1v) is 10.6. The molecular weight excluding hydrogens is 499 g/mol. The number of carboxylic acid groups (broad SMARTS) is 2. The van der Waals surface area contributed by atoms with Crippen LogP contribution >= 0.6 is 11.6 Å². The number of benzene rings is 1. The number of hydrogen-bond donors (Lipinski definition) is 5. The van der Waals surface area contributed by atoms with Gasteiger partial charge in [0.1, 0.15) is 16.9 Å². The number of carbonyl (C=O) groups excluding carboxylic acids is 1. The van der Waals surface area contributed by atoms with Crippen molar-refractivity contribution >= 4 is 40.2 Å². The number of amides is 1. The van der Waals surface area contributed by atoms with Crippen LogP contribution in [0.15, 0.2) is 18.2 Å². The van der Waals surface area contributed by atoms with Crippen LogP contribution in [0.1, 0.15) is 43.6 Å². The molecule has 2 rings (SSSR count). The summed E-state index contributed by atoms with van der Waals surface area (Å²) in [5, 5.41) is 30.0. The molecule has 0 aliphatic rings. The molecule has 35 heavy (non-hydrogen) atoms. The Hall–Kier alpha value is -3.32. The van der Waals surface area contributed by atoms with Crippen molar-refractivity contribution in [1.82, 2.24) is 10.3 Å². The molecule has 0 fully saturated rings. The van der Waals surface area contributed by atoms with Gasteiger partial charge in [0.2, 0.25) is 0 Å². The number of carboxylic acids is 2. The number of nitrogens with one attached hydrogen (secondary N) is 1. The van der Waals surface area contributed by atoms with Gasteiger partial charge in [-0.2, -0.15) is 13.2 Å². The van der Waals surface area contributed by atoms with Gasteiger partial charge < -0.3 is 31.1 Å². The summed E-state index contributed by atoms with van der Waals surface area (Å²) in [6.07, 6.45) is -3.72. The monoisotopic (exact) mass is 523 g/mol. The van der Waals surface area contributed by atoms with Gasteiger partial charge in [0.25, 0.3) is 5.91 Å². The Balaban J connectivity index is 0.000000762. The molecule has 1 aromatic heterocycles. The van der Waals surface area contributed by atoms with E-state index in [1.165, 1.54) is 0 Å². The number of fused-ring (bicyclic) bond motifs is 1. The van der Waals surface area contributed by atoms with Crippen molar-refractivity contribution in [2.75, 3.05) is 6.54 Å². The van der Waals surface area contributed by atoms with Gasteiger partial charge in [-0.3, -0.25) is 4.79 Å². The number of alkyl halides is 3. The molecule has 2 aromatic rings. The summed E-state index contributed by atoms with van der Waals surface area (Å²) in [6.45, 7) is 4.19. The summed E-state index contributed by atoms with van der Waals surface area (Å²) in [6, 6.07) is 3.73. The molecule has 1 amide bonds. The molecule has 0 saturated carbocycles. The van der Waals surface area contributed by atoms with E-state index in [9.17, 15) is 33.0 Å². The van der Waals surface area contributed by atoms with Gasteiger partial charge in [-0.15, -0.1) is 0 Å². The Morgan fingerprint density at radius 1 is 1.17 bits per heavy atom. The highest BCUT2D eigenvalue weighted by atomic mass is 35.5. The summed E-state index contributed by atoms with van der Waals surface area (Å²) in [5.41, 5.74) is 5.07. The quantitative estimate of drug-likeness (QED) is 0.244. The minimum atomic E-state index is -5.08. The lowest BCUT2D eigenvalue weighted by Gasteiger charge is -2.16. The number of aliphatic carboxylic acids is 2. The molecule has 6 N–H and O–H groups in total. The number of halogens is 4. The first-order chi connectivity index (χ1) is 16.2. The molecule has 0 bridgehead atoms. The van der Waals surface area contributed by atoms with E-state index in [0.29, 0.717) is 35.9 Å². The highest BCUT2D eigenvalue weighted by Gasteiger charge is 2.38. The van der Waals surface area contributed by atoms with E-state index in [4.69, 9.17) is 32.0 Å². The number of unbranched alkanes of at least 4 members (excludes halogenated alkanes) is 1. The Morgan fingerprint density at radius 2 is 1.77 bits per heavy atom. The summed E-state index contributed by atoms with van der Waals surface area (Å²) >= 11 is 6.20. The number of nitrogens with two attached hydrogens (primary N) is 1. The van der Waals surface area contributed by atoms with Crippen LogP contribution < -0.4 is 15.8 Å². The average Bonchev–Trinajstić information content (AvgIpc) is 2.74. The standard InChI is InChI=1S/C19H24ClN3O5.C2HF3O2/c1-10(2)28-11-6-7-12-13(9-11)17(20)23-15(16(12)24)18(25)22-14(19(26)27)5-3-4-8-21;3-2(4,5)1(6)7/h6-7,9-10,14,24H,3-5,8,21H2,1-2H3,(H,22,25)(H,26,27);(H,6,7).